The van der Waals surface area contributed by atoms with Gasteiger partial charge in [-0.15, -0.1) is 0 Å². The van der Waals surface area contributed by atoms with Crippen molar-refractivity contribution in [3.63, 3.8) is 0 Å². The summed E-state index contributed by atoms with van der Waals surface area (Å²) < 4.78 is 1.42. The van der Waals surface area contributed by atoms with E-state index in [2.05, 4.69) is 74.5 Å². The predicted molar refractivity (Wildman–Crippen MR) is 85.7 cm³/mol. The molecule has 0 saturated carbocycles. The monoisotopic (exact) mass is 416 g/mol. The molecule has 0 heterocycles. The van der Waals surface area contributed by atoms with Crippen molar-refractivity contribution < 1.29 is 35.9 Å². The van der Waals surface area contributed by atoms with E-state index in [1.54, 1.807) is 22.3 Å². The molecule has 0 amide bonds. The Morgan fingerprint density at radius 2 is 1.10 bits per heavy atom. The van der Waals surface area contributed by atoms with Crippen LogP contribution < -0.4 is 0 Å². The van der Waals surface area contributed by atoms with Gasteiger partial charge >= 0.3 is 147 Å². The van der Waals surface area contributed by atoms with Crippen molar-refractivity contribution in [1.82, 2.24) is 0 Å². The minimum absolute atomic E-state index is 0.285. The van der Waals surface area contributed by atoms with E-state index in [-0.39, 0.29) is 35.9 Å². The fourth-order valence-electron chi connectivity index (χ4n) is 3.29. The number of benzene rings is 2. The zero-order valence-electron chi connectivity index (χ0n) is 12.3. The van der Waals surface area contributed by atoms with E-state index in [4.69, 9.17) is 0 Å². The van der Waals surface area contributed by atoms with Gasteiger partial charge in [-0.05, 0) is 0 Å². The van der Waals surface area contributed by atoms with Crippen molar-refractivity contribution in [1.29, 1.82) is 0 Å². The second-order valence-electron chi connectivity index (χ2n) is 5.85. The zero-order valence-corrected chi connectivity index (χ0v) is 14.6. The first-order valence-electron chi connectivity index (χ1n) is 7.37. The molecular weight excluding hydrogens is 397 g/mol. The first kappa shape index (κ1) is 13.9. The summed E-state index contributed by atoms with van der Waals surface area (Å²) in [5.74, 6) is 0. The summed E-state index contributed by atoms with van der Waals surface area (Å²) in [6, 6.07) is 17.9. The van der Waals surface area contributed by atoms with Crippen LogP contribution in [0.2, 0.25) is 0 Å². The summed E-state index contributed by atoms with van der Waals surface area (Å²) in [7, 11) is 0. The second-order valence-corrected chi connectivity index (χ2v) is 9.22. The molecule has 0 aromatic heterocycles. The molecule has 0 bridgehead atoms. The molecule has 0 spiro atoms. The molecule has 1 heteroatoms. The minimum atomic E-state index is -0.285. The quantitative estimate of drug-likeness (QED) is 0.617. The van der Waals surface area contributed by atoms with Crippen LogP contribution >= 0.6 is 0 Å². The van der Waals surface area contributed by atoms with Gasteiger partial charge in [0.2, 0.25) is 0 Å². The standard InChI is InChI=1S/2C10H9.Gd/c2*1-8-6-9-4-2-3-5-10(9)7-8;/h2*2-7H,1H3;. The van der Waals surface area contributed by atoms with E-state index in [1.165, 1.54) is 11.1 Å². The molecular formula is C20H18Gd. The van der Waals surface area contributed by atoms with Crippen molar-refractivity contribution >= 4 is 12.2 Å². The number of hydrogen-bond acceptors (Lipinski definition) is 0. The molecule has 0 radical (unpaired) electrons. The SMILES string of the molecule is CC1=Cc2ccccc2[CH]1[Gd][CH]1C(C)=Cc2ccccc21. The Hall–Kier alpha value is -0.755. The van der Waals surface area contributed by atoms with Gasteiger partial charge in [-0.1, -0.05) is 0 Å². The van der Waals surface area contributed by atoms with Gasteiger partial charge in [-0.2, -0.15) is 0 Å². The van der Waals surface area contributed by atoms with Crippen LogP contribution in [0, 0.1) is 35.9 Å². The predicted octanol–water partition coefficient (Wildman–Crippen LogP) is 5.39. The molecule has 4 rings (SSSR count). The Morgan fingerprint density at radius 1 is 0.667 bits per heavy atom. The van der Waals surface area contributed by atoms with E-state index < -0.39 is 0 Å². The molecule has 106 valence electrons. The van der Waals surface area contributed by atoms with Gasteiger partial charge in [0.25, 0.3) is 0 Å². The summed E-state index contributed by atoms with van der Waals surface area (Å²) in [6.45, 7) is 4.63. The van der Waals surface area contributed by atoms with Crippen molar-refractivity contribution in [2.24, 2.45) is 0 Å². The van der Waals surface area contributed by atoms with Crippen LogP contribution in [0.25, 0.3) is 12.2 Å². The van der Waals surface area contributed by atoms with Gasteiger partial charge in [-0.25, -0.2) is 0 Å². The summed E-state index contributed by atoms with van der Waals surface area (Å²) in [5, 5.41) is 0. The topological polar surface area (TPSA) is 0 Å². The molecule has 0 N–H and O–H groups in total. The molecule has 0 fully saturated rings. The van der Waals surface area contributed by atoms with E-state index in [1.807, 2.05) is 0 Å². The fraction of sp³-hybridized carbons (Fsp3) is 0.200. The first-order chi connectivity index (χ1) is 10.2. The Morgan fingerprint density at radius 3 is 1.57 bits per heavy atom. The van der Waals surface area contributed by atoms with E-state index >= 15 is 0 Å². The Kier molecular flexibility index (Phi) is 3.61. The molecule has 2 unspecified atom stereocenters. The summed E-state index contributed by atoms with van der Waals surface area (Å²) in [5.41, 5.74) is 9.17. The van der Waals surface area contributed by atoms with Crippen molar-refractivity contribution in [2.45, 2.75) is 17.2 Å². The van der Waals surface area contributed by atoms with Gasteiger partial charge in [0.05, 0.1) is 0 Å². The normalized spacial score (nSPS) is 22.8. The number of allylic oxidation sites excluding steroid dienone is 2. The van der Waals surface area contributed by atoms with E-state index in [0.717, 1.165) is 0 Å². The van der Waals surface area contributed by atoms with Gasteiger partial charge < -0.3 is 0 Å². The number of rotatable bonds is 2. The molecule has 0 saturated heterocycles. The van der Waals surface area contributed by atoms with Crippen LogP contribution in [-0.4, -0.2) is 0 Å². The Balaban J connectivity index is 1.69. The average molecular weight is 416 g/mol. The van der Waals surface area contributed by atoms with E-state index in [9.17, 15) is 0 Å². The zero-order chi connectivity index (χ0) is 14.4. The summed E-state index contributed by atoms with van der Waals surface area (Å²) >= 11 is -0.285. The van der Waals surface area contributed by atoms with Gasteiger partial charge in [0, 0.05) is 0 Å². The summed E-state index contributed by atoms with van der Waals surface area (Å²) in [4.78, 5) is 0. The molecule has 2 aromatic carbocycles. The van der Waals surface area contributed by atoms with Crippen LogP contribution in [0.3, 0.4) is 0 Å². The molecule has 21 heavy (non-hydrogen) atoms. The average Bonchev–Trinajstić information content (AvgIpc) is 2.97. The molecule has 2 aliphatic rings. The van der Waals surface area contributed by atoms with Crippen molar-refractivity contribution in [3.05, 3.63) is 81.9 Å². The van der Waals surface area contributed by atoms with Crippen molar-refractivity contribution in [3.8, 4) is 0 Å². The van der Waals surface area contributed by atoms with Gasteiger partial charge in [0.15, 0.2) is 0 Å². The van der Waals surface area contributed by atoms with Crippen LogP contribution in [0.15, 0.2) is 59.7 Å². The van der Waals surface area contributed by atoms with Crippen LogP contribution in [0.4, 0.5) is 0 Å². The maximum atomic E-state index is 2.40. The third-order valence-corrected chi connectivity index (χ3v) is 9.29. The summed E-state index contributed by atoms with van der Waals surface area (Å²) in [6.07, 6.45) is 4.79. The number of hydrogen-bond donors (Lipinski definition) is 0. The van der Waals surface area contributed by atoms with Crippen LogP contribution in [-0.2, 0) is 0 Å². The van der Waals surface area contributed by atoms with Gasteiger partial charge in [-0.3, -0.25) is 0 Å². The fourth-order valence-corrected chi connectivity index (χ4v) is 7.62. The molecule has 2 atom stereocenters. The molecule has 0 aliphatic heterocycles. The second kappa shape index (κ2) is 5.46. The third-order valence-electron chi connectivity index (χ3n) is 4.30. The number of fused-ring (bicyclic) bond motifs is 2. The molecule has 2 aromatic rings. The maximum absolute atomic E-state index is 2.40. The molecule has 2 aliphatic carbocycles. The van der Waals surface area contributed by atoms with Crippen molar-refractivity contribution in [2.75, 3.05) is 0 Å². The Labute approximate surface area is 146 Å². The van der Waals surface area contributed by atoms with Gasteiger partial charge in [0.1, 0.15) is 0 Å². The molecule has 0 nitrogen and oxygen atoms in total. The Bertz CT molecular complexity index is 701. The van der Waals surface area contributed by atoms with E-state index in [0.29, 0.717) is 3.40 Å². The third kappa shape index (κ3) is 2.36. The van der Waals surface area contributed by atoms with Crippen LogP contribution in [0.1, 0.15) is 39.5 Å². The van der Waals surface area contributed by atoms with Crippen LogP contribution in [0.5, 0.6) is 0 Å². The first-order valence-corrected chi connectivity index (χ1v) is 9.99.